The van der Waals surface area contributed by atoms with E-state index in [2.05, 4.69) is 74.7 Å². The van der Waals surface area contributed by atoms with E-state index in [1.165, 1.54) is 43.0 Å². The zero-order chi connectivity index (χ0) is 20.9. The maximum atomic E-state index is 6.71. The summed E-state index contributed by atoms with van der Waals surface area (Å²) in [5.41, 5.74) is 1.99. The van der Waals surface area contributed by atoms with Crippen molar-refractivity contribution >= 4 is 26.7 Å². The van der Waals surface area contributed by atoms with Crippen molar-refractivity contribution in [2.24, 2.45) is 0 Å². The van der Waals surface area contributed by atoms with E-state index in [-0.39, 0.29) is 0 Å². The summed E-state index contributed by atoms with van der Waals surface area (Å²) in [6.07, 6.45) is 13.1. The van der Waals surface area contributed by atoms with Gasteiger partial charge in [0.25, 0.3) is 0 Å². The van der Waals surface area contributed by atoms with Crippen LogP contribution in [-0.2, 0) is 4.43 Å². The Labute approximate surface area is 178 Å². The molecule has 0 rings (SSSR count). The molecule has 27 heavy (non-hydrogen) atoms. The first-order valence-electron chi connectivity index (χ1n) is 12.0. The zero-order valence-electron chi connectivity index (χ0n) is 20.4. The standard InChI is InChI=1S/C12H25OSi.3C4H9.Sn/c1-8-9-13-14(10(2)3,11(4)5)12(6)7;3*1-3-4-2;/h8-12H,1H2,2-7H3;3*1,3-4H2,2H3;/b9-8+;;;;. The molecule has 0 amide bonds. The van der Waals surface area contributed by atoms with Crippen LogP contribution in [0, 0.1) is 0 Å². The monoisotopic (exact) mass is 504 g/mol. The molecule has 0 bridgehead atoms. The first kappa shape index (κ1) is 27.6. The van der Waals surface area contributed by atoms with Crippen LogP contribution in [0.2, 0.25) is 34.4 Å². The molecule has 0 N–H and O–H groups in total. The van der Waals surface area contributed by atoms with Crippen LogP contribution in [0.4, 0.5) is 0 Å². The molecule has 0 aliphatic heterocycles. The quantitative estimate of drug-likeness (QED) is 0.151. The van der Waals surface area contributed by atoms with Crippen LogP contribution in [-0.4, -0.2) is 26.7 Å². The molecular formula is C24H52OSiSn. The Kier molecular flexibility index (Phi) is 14.8. The number of rotatable bonds is 16. The molecule has 0 aliphatic carbocycles. The van der Waals surface area contributed by atoms with Gasteiger partial charge in [0.15, 0.2) is 0 Å². The van der Waals surface area contributed by atoms with Crippen LogP contribution >= 0.6 is 0 Å². The van der Waals surface area contributed by atoms with Crippen molar-refractivity contribution in [2.45, 2.75) is 135 Å². The number of hydrogen-bond donors (Lipinski definition) is 0. The fraction of sp³-hybridized carbons (Fsp3) is 0.917. The van der Waals surface area contributed by atoms with E-state index < -0.39 is 26.7 Å². The van der Waals surface area contributed by atoms with Crippen LogP contribution in [0.1, 0.15) is 101 Å². The van der Waals surface area contributed by atoms with Gasteiger partial charge in [-0.2, -0.15) is 0 Å². The van der Waals surface area contributed by atoms with Crippen LogP contribution < -0.4 is 0 Å². The Morgan fingerprint density at radius 2 is 1.07 bits per heavy atom. The first-order chi connectivity index (χ1) is 12.7. The number of unbranched alkanes of at least 4 members (excludes halogenated alkanes) is 3. The Morgan fingerprint density at radius 3 is 1.37 bits per heavy atom. The first-order valence-corrected chi connectivity index (χ1v) is 22.3. The second kappa shape index (κ2) is 14.5. The Morgan fingerprint density at radius 1 is 0.704 bits per heavy atom. The van der Waals surface area contributed by atoms with E-state index in [0.29, 0.717) is 16.6 Å². The van der Waals surface area contributed by atoms with Crippen molar-refractivity contribution < 1.29 is 4.43 Å². The Balaban J connectivity index is 5.29. The van der Waals surface area contributed by atoms with Crippen molar-refractivity contribution in [2.75, 3.05) is 0 Å². The number of allylic oxidation sites excluding steroid dienone is 1. The van der Waals surface area contributed by atoms with E-state index in [9.17, 15) is 0 Å². The fourth-order valence-electron chi connectivity index (χ4n) is 5.21. The van der Waals surface area contributed by atoms with Crippen molar-refractivity contribution in [3.63, 3.8) is 0 Å². The van der Waals surface area contributed by atoms with Crippen LogP contribution in [0.15, 0.2) is 12.3 Å². The molecule has 0 aromatic carbocycles. The fourth-order valence-corrected chi connectivity index (χ4v) is 25.4. The van der Waals surface area contributed by atoms with Gasteiger partial charge in [-0.25, -0.2) is 0 Å². The predicted octanol–water partition coefficient (Wildman–Crippen LogP) is 9.54. The van der Waals surface area contributed by atoms with Gasteiger partial charge < -0.3 is 0 Å². The molecule has 0 spiro atoms. The van der Waals surface area contributed by atoms with Gasteiger partial charge in [-0.3, -0.25) is 0 Å². The third kappa shape index (κ3) is 8.84. The van der Waals surface area contributed by atoms with Gasteiger partial charge in [-0.15, -0.1) is 0 Å². The summed E-state index contributed by atoms with van der Waals surface area (Å²) in [5.74, 6) is 0. The van der Waals surface area contributed by atoms with Crippen LogP contribution in [0.5, 0.6) is 0 Å². The average molecular weight is 503 g/mol. The summed E-state index contributed by atoms with van der Waals surface area (Å²) in [4.78, 5) is 0. The third-order valence-electron chi connectivity index (χ3n) is 6.81. The van der Waals surface area contributed by atoms with Gasteiger partial charge in [0.2, 0.25) is 0 Å². The normalized spacial score (nSPS) is 13.5. The second-order valence-corrected chi connectivity index (χ2v) is 29.2. The zero-order valence-corrected chi connectivity index (χ0v) is 24.2. The minimum atomic E-state index is -2.05. The molecule has 0 radical (unpaired) electrons. The van der Waals surface area contributed by atoms with Crippen molar-refractivity contribution in [1.82, 2.24) is 0 Å². The van der Waals surface area contributed by atoms with Crippen molar-refractivity contribution in [3.8, 4) is 0 Å². The van der Waals surface area contributed by atoms with Gasteiger partial charge in [0.05, 0.1) is 0 Å². The molecule has 162 valence electrons. The van der Waals surface area contributed by atoms with Gasteiger partial charge in [0, 0.05) is 0 Å². The second-order valence-electron chi connectivity index (χ2n) is 9.82. The molecule has 0 saturated carbocycles. The van der Waals surface area contributed by atoms with E-state index in [1.807, 2.05) is 0 Å². The average Bonchev–Trinajstić information content (AvgIpc) is 2.61. The molecule has 0 unspecified atom stereocenters. The van der Waals surface area contributed by atoms with Gasteiger partial charge in [-0.1, -0.05) is 0 Å². The SMILES string of the molecule is CCC[CH2][Sn]([CH2]/C=C/O[Si](C(C)C)(C(C)C)C(C)C)([CH2]CCC)[CH2]CCC. The van der Waals surface area contributed by atoms with Crippen LogP contribution in [0.25, 0.3) is 0 Å². The molecular weight excluding hydrogens is 451 g/mol. The third-order valence-corrected chi connectivity index (χ3v) is 28.0. The molecule has 0 fully saturated rings. The predicted molar refractivity (Wildman–Crippen MR) is 131 cm³/mol. The number of hydrogen-bond acceptors (Lipinski definition) is 1. The molecule has 0 saturated heterocycles. The van der Waals surface area contributed by atoms with Gasteiger partial charge in [-0.05, 0) is 0 Å². The summed E-state index contributed by atoms with van der Waals surface area (Å²) < 4.78 is 12.9. The summed E-state index contributed by atoms with van der Waals surface area (Å²) in [6, 6.07) is 0. The molecule has 0 atom stereocenters. The van der Waals surface area contributed by atoms with Crippen LogP contribution in [0.3, 0.4) is 0 Å². The van der Waals surface area contributed by atoms with E-state index >= 15 is 0 Å². The molecule has 1 nitrogen and oxygen atoms in total. The minimum absolute atomic E-state index is 0.663. The van der Waals surface area contributed by atoms with Crippen molar-refractivity contribution in [3.05, 3.63) is 12.3 Å². The van der Waals surface area contributed by atoms with E-state index in [1.54, 1.807) is 13.3 Å². The van der Waals surface area contributed by atoms with Gasteiger partial charge in [0.1, 0.15) is 0 Å². The maximum absolute atomic E-state index is 6.71. The molecule has 0 aromatic heterocycles. The summed E-state index contributed by atoms with van der Waals surface area (Å²) >= 11 is -2.05. The Bertz CT molecular complexity index is 346. The molecule has 0 heterocycles. The van der Waals surface area contributed by atoms with E-state index in [0.717, 1.165) is 0 Å². The summed E-state index contributed by atoms with van der Waals surface area (Å²) in [6.45, 7) is 21.4. The Hall–Kier alpha value is 0.556. The van der Waals surface area contributed by atoms with Crippen molar-refractivity contribution in [1.29, 1.82) is 0 Å². The molecule has 0 aliphatic rings. The topological polar surface area (TPSA) is 9.23 Å². The molecule has 0 aromatic rings. The van der Waals surface area contributed by atoms with Gasteiger partial charge >= 0.3 is 179 Å². The molecule has 3 heteroatoms. The summed E-state index contributed by atoms with van der Waals surface area (Å²) in [5, 5.41) is 0. The summed E-state index contributed by atoms with van der Waals surface area (Å²) in [7, 11) is -1.76. The van der Waals surface area contributed by atoms with E-state index in [4.69, 9.17) is 4.43 Å².